The quantitative estimate of drug-likeness (QED) is 0.656. The van der Waals surface area contributed by atoms with Crippen molar-refractivity contribution in [1.82, 2.24) is 0 Å². The van der Waals surface area contributed by atoms with E-state index in [0.29, 0.717) is 11.5 Å². The van der Waals surface area contributed by atoms with E-state index in [2.05, 4.69) is 0 Å². The van der Waals surface area contributed by atoms with Crippen LogP contribution in [0.15, 0.2) is 0 Å². The lowest BCUT2D eigenvalue weighted by atomic mass is 9.80. The van der Waals surface area contributed by atoms with Crippen molar-refractivity contribution < 1.29 is 8.78 Å². The molecular formula is C7H8ClF2NS. The zero-order valence-electron chi connectivity index (χ0n) is 6.48. The zero-order chi connectivity index (χ0) is 9.41. The molecule has 0 N–H and O–H groups in total. The fourth-order valence-corrected chi connectivity index (χ4v) is 2.29. The minimum atomic E-state index is -3.42. The minimum Gasteiger partial charge on any atom is -0.197 e. The Kier molecular flexibility index (Phi) is 2.55. The van der Waals surface area contributed by atoms with Gasteiger partial charge in [0.2, 0.25) is 0 Å². The van der Waals surface area contributed by atoms with Crippen molar-refractivity contribution in [3.8, 4) is 6.07 Å². The van der Waals surface area contributed by atoms with Gasteiger partial charge < -0.3 is 0 Å². The summed E-state index contributed by atoms with van der Waals surface area (Å²) in [5.74, 6) is 0.929. The van der Waals surface area contributed by atoms with Gasteiger partial charge in [-0.1, -0.05) is 0 Å². The molecule has 1 saturated heterocycles. The highest BCUT2D eigenvalue weighted by Crippen LogP contribution is 2.50. The number of rotatable bonds is 2. The Morgan fingerprint density at radius 2 is 2.08 bits per heavy atom. The van der Waals surface area contributed by atoms with E-state index >= 15 is 0 Å². The molecule has 5 heteroatoms. The third kappa shape index (κ3) is 1.40. The highest BCUT2D eigenvalue weighted by atomic mass is 35.5. The van der Waals surface area contributed by atoms with E-state index in [-0.39, 0.29) is 5.92 Å². The monoisotopic (exact) mass is 211 g/mol. The molecule has 0 aromatic heterocycles. The summed E-state index contributed by atoms with van der Waals surface area (Å²) in [5, 5.41) is 5.21. The second-order valence-electron chi connectivity index (χ2n) is 3.05. The van der Waals surface area contributed by atoms with E-state index in [9.17, 15) is 8.78 Å². The Hall–Kier alpha value is -0.0100. The van der Waals surface area contributed by atoms with Crippen molar-refractivity contribution in [3.63, 3.8) is 0 Å². The van der Waals surface area contributed by atoms with Crippen LogP contribution in [0.4, 0.5) is 8.78 Å². The number of nitrogens with zero attached hydrogens (tertiary/aromatic N) is 1. The summed E-state index contributed by atoms with van der Waals surface area (Å²) in [6.45, 7) is 1.23. The van der Waals surface area contributed by atoms with Gasteiger partial charge in [-0.15, -0.1) is 0 Å². The maximum absolute atomic E-state index is 12.8. The number of alkyl halides is 3. The van der Waals surface area contributed by atoms with Gasteiger partial charge >= 0.3 is 5.38 Å². The van der Waals surface area contributed by atoms with Gasteiger partial charge in [-0.05, 0) is 30.0 Å². The fraction of sp³-hybridized carbons (Fsp3) is 0.857. The van der Waals surface area contributed by atoms with Crippen LogP contribution in [0, 0.1) is 22.7 Å². The molecule has 1 rings (SSSR count). The maximum Gasteiger partial charge on any atom is 0.340 e. The Morgan fingerprint density at radius 3 is 2.17 bits per heavy atom. The van der Waals surface area contributed by atoms with Crippen LogP contribution < -0.4 is 0 Å². The lowest BCUT2D eigenvalue weighted by Gasteiger charge is -2.39. The van der Waals surface area contributed by atoms with Gasteiger partial charge in [-0.3, -0.25) is 0 Å². The van der Waals surface area contributed by atoms with Gasteiger partial charge in [0.25, 0.3) is 0 Å². The van der Waals surface area contributed by atoms with E-state index in [0.717, 1.165) is 0 Å². The summed E-state index contributed by atoms with van der Waals surface area (Å²) < 4.78 is 25.6. The molecule has 1 heterocycles. The summed E-state index contributed by atoms with van der Waals surface area (Å²) in [6.07, 6.45) is 0. The molecule has 1 aliphatic rings. The number of thioether (sulfide) groups is 1. The molecule has 0 spiro atoms. The highest BCUT2D eigenvalue weighted by Gasteiger charge is 2.56. The van der Waals surface area contributed by atoms with E-state index < -0.39 is 10.8 Å². The molecule has 1 aliphatic heterocycles. The Morgan fingerprint density at radius 1 is 1.58 bits per heavy atom. The van der Waals surface area contributed by atoms with E-state index in [1.54, 1.807) is 17.8 Å². The molecule has 0 aromatic rings. The van der Waals surface area contributed by atoms with Gasteiger partial charge in [0.15, 0.2) is 0 Å². The Bertz CT molecular complexity index is 218. The Labute approximate surface area is 79.1 Å². The fourth-order valence-electron chi connectivity index (χ4n) is 0.955. The van der Waals surface area contributed by atoms with Crippen molar-refractivity contribution in [2.45, 2.75) is 12.3 Å². The minimum absolute atomic E-state index is 0.278. The number of hydrogen-bond donors (Lipinski definition) is 0. The zero-order valence-corrected chi connectivity index (χ0v) is 8.05. The van der Waals surface area contributed by atoms with E-state index in [4.69, 9.17) is 16.9 Å². The SMILES string of the molecule is CC(C#N)(C1CSC1)C(F)(F)Cl. The van der Waals surface area contributed by atoms with Gasteiger partial charge in [-0.25, -0.2) is 0 Å². The largest absolute Gasteiger partial charge is 0.340 e. The maximum atomic E-state index is 12.8. The van der Waals surface area contributed by atoms with Gasteiger partial charge in [0.1, 0.15) is 5.41 Å². The molecule has 1 fully saturated rings. The number of halogens is 3. The van der Waals surface area contributed by atoms with Crippen LogP contribution in [-0.4, -0.2) is 16.9 Å². The summed E-state index contributed by atoms with van der Waals surface area (Å²) in [7, 11) is 0. The molecule has 68 valence electrons. The summed E-state index contributed by atoms with van der Waals surface area (Å²) in [5.41, 5.74) is -1.71. The van der Waals surface area contributed by atoms with Crippen LogP contribution >= 0.6 is 23.4 Å². The van der Waals surface area contributed by atoms with Crippen molar-refractivity contribution in [2.24, 2.45) is 11.3 Å². The lowest BCUT2D eigenvalue weighted by Crippen LogP contribution is -2.45. The molecule has 1 unspecified atom stereocenters. The molecule has 0 saturated carbocycles. The first-order chi connectivity index (χ1) is 5.42. The van der Waals surface area contributed by atoms with Crippen LogP contribution in [0.2, 0.25) is 0 Å². The van der Waals surface area contributed by atoms with Gasteiger partial charge in [0, 0.05) is 5.92 Å². The molecule has 12 heavy (non-hydrogen) atoms. The normalized spacial score (nSPS) is 23.9. The molecule has 1 nitrogen and oxygen atoms in total. The summed E-state index contributed by atoms with van der Waals surface area (Å²) in [6, 6.07) is 1.63. The first-order valence-corrected chi connectivity index (χ1v) is 5.01. The van der Waals surface area contributed by atoms with E-state index in [1.807, 2.05) is 0 Å². The smallest absolute Gasteiger partial charge is 0.197 e. The molecule has 0 bridgehead atoms. The summed E-state index contributed by atoms with van der Waals surface area (Å²) in [4.78, 5) is 0. The third-order valence-electron chi connectivity index (χ3n) is 2.28. The second-order valence-corrected chi connectivity index (χ2v) is 4.60. The average molecular weight is 212 g/mol. The molecule has 1 atom stereocenters. The third-order valence-corrected chi connectivity index (χ3v) is 3.94. The highest BCUT2D eigenvalue weighted by molar-refractivity contribution is 8.00. The number of nitriles is 1. The summed E-state index contributed by atoms with van der Waals surface area (Å²) >= 11 is 6.44. The van der Waals surface area contributed by atoms with Crippen LogP contribution in [0.5, 0.6) is 0 Å². The number of hydrogen-bond acceptors (Lipinski definition) is 2. The first-order valence-electron chi connectivity index (χ1n) is 3.47. The van der Waals surface area contributed by atoms with Crippen LogP contribution in [0.25, 0.3) is 0 Å². The molecule has 0 aliphatic carbocycles. The Balaban J connectivity index is 2.83. The van der Waals surface area contributed by atoms with Crippen molar-refractivity contribution in [3.05, 3.63) is 0 Å². The van der Waals surface area contributed by atoms with Gasteiger partial charge in [-0.2, -0.15) is 25.8 Å². The molecule has 0 radical (unpaired) electrons. The van der Waals surface area contributed by atoms with Crippen molar-refractivity contribution >= 4 is 23.4 Å². The van der Waals surface area contributed by atoms with Crippen LogP contribution in [-0.2, 0) is 0 Å². The lowest BCUT2D eigenvalue weighted by molar-refractivity contribution is -0.0284. The first kappa shape index (κ1) is 10.1. The predicted molar refractivity (Wildman–Crippen MR) is 45.3 cm³/mol. The topological polar surface area (TPSA) is 23.8 Å². The van der Waals surface area contributed by atoms with Crippen molar-refractivity contribution in [1.29, 1.82) is 5.26 Å². The van der Waals surface area contributed by atoms with Crippen molar-refractivity contribution in [2.75, 3.05) is 11.5 Å². The standard InChI is InChI=1S/C7H8ClF2NS/c1-6(4-11,7(8,9)10)5-2-12-3-5/h5H,2-3H2,1H3. The second kappa shape index (κ2) is 3.04. The van der Waals surface area contributed by atoms with Gasteiger partial charge in [0.05, 0.1) is 6.07 Å². The molecule has 0 aromatic carbocycles. The predicted octanol–water partition coefficient (Wildman–Crippen LogP) is 2.71. The average Bonchev–Trinajstić information content (AvgIpc) is 1.81. The molecular weight excluding hydrogens is 204 g/mol. The van der Waals surface area contributed by atoms with E-state index in [1.165, 1.54) is 6.92 Å². The van der Waals surface area contributed by atoms with Crippen LogP contribution in [0.3, 0.4) is 0 Å². The molecule has 0 amide bonds. The van der Waals surface area contributed by atoms with Crippen LogP contribution in [0.1, 0.15) is 6.92 Å².